The van der Waals surface area contributed by atoms with Gasteiger partial charge in [-0.2, -0.15) is 0 Å². The summed E-state index contributed by atoms with van der Waals surface area (Å²) in [4.78, 5) is 36.7. The van der Waals surface area contributed by atoms with Gasteiger partial charge in [0.2, 0.25) is 0 Å². The van der Waals surface area contributed by atoms with Gasteiger partial charge in [-0.05, 0) is 60.1 Å². The zero-order valence-corrected chi connectivity index (χ0v) is 20.1. The van der Waals surface area contributed by atoms with Gasteiger partial charge in [0.05, 0.1) is 5.02 Å². The third kappa shape index (κ3) is 5.67. The first-order valence-corrected chi connectivity index (χ1v) is 11.9. The Labute approximate surface area is 207 Å². The first-order valence-electron chi connectivity index (χ1n) is 10.7. The molecule has 0 spiro atoms. The first-order chi connectivity index (χ1) is 16.4. The number of nitrogens with zero attached hydrogens (tertiary/aromatic N) is 4. The molecule has 0 bridgehead atoms. The molecule has 0 saturated carbocycles. The molecule has 34 heavy (non-hydrogen) atoms. The van der Waals surface area contributed by atoms with E-state index in [-0.39, 0.29) is 6.54 Å². The van der Waals surface area contributed by atoms with Crippen molar-refractivity contribution in [2.24, 2.45) is 0 Å². The number of pyridine rings is 2. The fraction of sp³-hybridized carbons (Fsp3) is 0.250. The van der Waals surface area contributed by atoms with Gasteiger partial charge < -0.3 is 20.2 Å². The summed E-state index contributed by atoms with van der Waals surface area (Å²) < 4.78 is 0. The molecule has 0 radical (unpaired) electrons. The molecule has 3 heterocycles. The summed E-state index contributed by atoms with van der Waals surface area (Å²) in [6.07, 6.45) is 2.98. The van der Waals surface area contributed by atoms with E-state index < -0.39 is 6.09 Å². The van der Waals surface area contributed by atoms with Crippen LogP contribution in [0.5, 0.6) is 0 Å². The zero-order valence-electron chi connectivity index (χ0n) is 18.6. The second kappa shape index (κ2) is 10.9. The molecule has 10 heteroatoms. The van der Waals surface area contributed by atoms with E-state index in [1.807, 2.05) is 24.3 Å². The van der Waals surface area contributed by atoms with Crippen LogP contribution in [-0.4, -0.2) is 65.6 Å². The quantitative estimate of drug-likeness (QED) is 0.467. The van der Waals surface area contributed by atoms with Crippen LogP contribution in [0.4, 0.5) is 10.6 Å². The second-order valence-corrected chi connectivity index (χ2v) is 9.32. The highest BCUT2D eigenvalue weighted by molar-refractivity contribution is 7.99. The number of rotatable bonds is 7. The highest BCUT2D eigenvalue weighted by Crippen LogP contribution is 2.39. The van der Waals surface area contributed by atoms with Gasteiger partial charge in [0.25, 0.3) is 0 Å². The maximum atomic E-state index is 11.4. The van der Waals surface area contributed by atoms with Crippen molar-refractivity contribution < 1.29 is 14.7 Å². The number of likely N-dealkylation sites (N-methyl/N-ethyl adjacent to an activating group) is 1. The average molecular weight is 498 g/mol. The minimum atomic E-state index is -1.13. The minimum absolute atomic E-state index is 0.0604. The minimum Gasteiger partial charge on any atom is -0.465 e. The van der Waals surface area contributed by atoms with Gasteiger partial charge in [-0.3, -0.25) is 4.79 Å². The van der Waals surface area contributed by atoms with Crippen molar-refractivity contribution in [3.63, 3.8) is 0 Å². The van der Waals surface area contributed by atoms with Crippen LogP contribution in [0.1, 0.15) is 15.9 Å². The number of aldehydes is 1. The fourth-order valence-electron chi connectivity index (χ4n) is 3.71. The number of amides is 1. The molecule has 3 aromatic rings. The van der Waals surface area contributed by atoms with Gasteiger partial charge in [0.15, 0.2) is 6.29 Å². The maximum absolute atomic E-state index is 11.4. The number of piperazine rings is 1. The van der Waals surface area contributed by atoms with Crippen molar-refractivity contribution >= 4 is 41.6 Å². The smallest absolute Gasteiger partial charge is 0.404 e. The number of aromatic nitrogens is 2. The molecule has 1 fully saturated rings. The Bertz CT molecular complexity index is 1200. The van der Waals surface area contributed by atoms with E-state index in [9.17, 15) is 9.59 Å². The summed E-state index contributed by atoms with van der Waals surface area (Å²) in [6, 6.07) is 11.1. The van der Waals surface area contributed by atoms with Gasteiger partial charge in [-0.25, -0.2) is 14.8 Å². The monoisotopic (exact) mass is 497 g/mol. The SMILES string of the molecule is CN1CCN(c2cc(-c3cc(Cl)c(Sc4ncccc4C=O)c(CNC(=O)O)c3)ccn2)CC1. The molecule has 1 aromatic carbocycles. The van der Waals surface area contributed by atoms with Crippen molar-refractivity contribution in [1.82, 2.24) is 20.2 Å². The van der Waals surface area contributed by atoms with Gasteiger partial charge in [0.1, 0.15) is 10.8 Å². The van der Waals surface area contributed by atoms with Crippen molar-refractivity contribution in [3.05, 3.63) is 64.9 Å². The summed E-state index contributed by atoms with van der Waals surface area (Å²) in [5, 5.41) is 12.5. The maximum Gasteiger partial charge on any atom is 0.404 e. The third-order valence-corrected chi connectivity index (χ3v) is 7.21. The van der Waals surface area contributed by atoms with Gasteiger partial charge in [0, 0.05) is 55.6 Å². The number of halogens is 1. The van der Waals surface area contributed by atoms with Crippen LogP contribution in [0.25, 0.3) is 11.1 Å². The molecule has 2 N–H and O–H groups in total. The van der Waals surface area contributed by atoms with Crippen LogP contribution in [0.2, 0.25) is 5.02 Å². The van der Waals surface area contributed by atoms with E-state index in [0.29, 0.717) is 26.1 Å². The normalized spacial score (nSPS) is 14.1. The van der Waals surface area contributed by atoms with Gasteiger partial charge >= 0.3 is 6.09 Å². The number of nitrogens with one attached hydrogen (secondary N) is 1. The topological polar surface area (TPSA) is 98.7 Å². The van der Waals surface area contributed by atoms with E-state index in [0.717, 1.165) is 49.4 Å². The van der Waals surface area contributed by atoms with E-state index >= 15 is 0 Å². The predicted octanol–water partition coefficient (Wildman–Crippen LogP) is 4.28. The molecule has 1 aliphatic heterocycles. The van der Waals surface area contributed by atoms with Gasteiger partial charge in [-0.1, -0.05) is 23.4 Å². The summed E-state index contributed by atoms with van der Waals surface area (Å²) in [5.41, 5.74) is 2.92. The number of hydrogen-bond acceptors (Lipinski definition) is 7. The molecule has 1 amide bonds. The number of benzene rings is 1. The van der Waals surface area contributed by atoms with Crippen LogP contribution in [0, 0.1) is 0 Å². The summed E-state index contributed by atoms with van der Waals surface area (Å²) in [5.74, 6) is 0.898. The Morgan fingerprint density at radius 1 is 1.15 bits per heavy atom. The lowest BCUT2D eigenvalue weighted by molar-refractivity contribution is 0.112. The molecule has 1 saturated heterocycles. The van der Waals surface area contributed by atoms with E-state index in [4.69, 9.17) is 16.7 Å². The van der Waals surface area contributed by atoms with E-state index in [1.165, 1.54) is 11.8 Å². The number of carbonyl (C=O) groups excluding carboxylic acids is 1. The highest BCUT2D eigenvalue weighted by atomic mass is 35.5. The van der Waals surface area contributed by atoms with Crippen LogP contribution in [0.15, 0.2) is 58.7 Å². The molecule has 2 aromatic heterocycles. The van der Waals surface area contributed by atoms with E-state index in [2.05, 4.69) is 32.1 Å². The zero-order chi connectivity index (χ0) is 24.1. The number of hydrogen-bond donors (Lipinski definition) is 2. The molecule has 1 aliphatic rings. The molecule has 0 unspecified atom stereocenters. The summed E-state index contributed by atoms with van der Waals surface area (Å²) >= 11 is 7.95. The highest BCUT2D eigenvalue weighted by Gasteiger charge is 2.18. The molecule has 0 aliphatic carbocycles. The Morgan fingerprint density at radius 3 is 2.68 bits per heavy atom. The van der Waals surface area contributed by atoms with Crippen LogP contribution < -0.4 is 10.2 Å². The molecular weight excluding hydrogens is 474 g/mol. The van der Waals surface area contributed by atoms with Crippen molar-refractivity contribution in [2.75, 3.05) is 38.1 Å². The van der Waals surface area contributed by atoms with E-state index in [1.54, 1.807) is 24.5 Å². The molecule has 8 nitrogen and oxygen atoms in total. The molecular formula is C24H24ClN5O3S. The van der Waals surface area contributed by atoms with Crippen molar-refractivity contribution in [3.8, 4) is 11.1 Å². The van der Waals surface area contributed by atoms with Crippen LogP contribution in [0.3, 0.4) is 0 Å². The fourth-order valence-corrected chi connectivity index (χ4v) is 5.03. The Hall–Kier alpha value is -3.14. The largest absolute Gasteiger partial charge is 0.465 e. The summed E-state index contributed by atoms with van der Waals surface area (Å²) in [6.45, 7) is 3.82. The Morgan fingerprint density at radius 2 is 1.94 bits per heavy atom. The average Bonchev–Trinajstić information content (AvgIpc) is 2.85. The summed E-state index contributed by atoms with van der Waals surface area (Å²) in [7, 11) is 2.11. The van der Waals surface area contributed by atoms with Crippen LogP contribution in [-0.2, 0) is 6.54 Å². The predicted molar refractivity (Wildman–Crippen MR) is 133 cm³/mol. The molecule has 176 valence electrons. The number of anilines is 1. The molecule has 4 rings (SSSR count). The lowest BCUT2D eigenvalue weighted by Gasteiger charge is -2.33. The number of carboxylic acid groups (broad SMARTS) is 1. The number of carbonyl (C=O) groups is 2. The lowest BCUT2D eigenvalue weighted by atomic mass is 10.0. The third-order valence-electron chi connectivity index (χ3n) is 5.58. The Kier molecular flexibility index (Phi) is 7.66. The Balaban J connectivity index is 1.70. The molecule has 0 atom stereocenters. The van der Waals surface area contributed by atoms with Crippen molar-refractivity contribution in [1.29, 1.82) is 0 Å². The van der Waals surface area contributed by atoms with Crippen molar-refractivity contribution in [2.45, 2.75) is 16.5 Å². The van der Waals surface area contributed by atoms with Crippen LogP contribution >= 0.6 is 23.4 Å². The van der Waals surface area contributed by atoms with Gasteiger partial charge in [-0.15, -0.1) is 0 Å². The second-order valence-electron chi connectivity index (χ2n) is 7.92. The standard InChI is InChI=1S/C24H24ClN5O3S/c1-29-7-9-30(10-8-29)21-13-16(4-6-26-21)18-11-19(14-28-24(32)33)22(20(25)12-18)34-23-17(15-31)3-2-5-27-23/h2-6,11-13,15,28H,7-10,14H2,1H3,(H,32,33). The lowest BCUT2D eigenvalue weighted by Crippen LogP contribution is -2.44. The first kappa shape index (κ1) is 24.0.